The summed E-state index contributed by atoms with van der Waals surface area (Å²) in [6.07, 6.45) is 4.98. The Morgan fingerprint density at radius 3 is 2.57 bits per heavy atom. The molecular weight excluding hydrogens is 436 g/mol. The molecule has 7 nitrogen and oxygen atoms in total. The number of para-hydroxylation sites is 1. The highest BCUT2D eigenvalue weighted by molar-refractivity contribution is 5.96. The SMILES string of the molecule is C[C@@H](c1ccc(N2CC3CC2CN3C)cc1C(N)=O)c1cc(-c2cnn(C)c2)nc2ccccc12. The maximum Gasteiger partial charge on any atom is 0.249 e. The summed E-state index contributed by atoms with van der Waals surface area (Å²) < 4.78 is 1.78. The van der Waals surface area contributed by atoms with Crippen molar-refractivity contribution in [1.29, 1.82) is 0 Å². The van der Waals surface area contributed by atoms with Gasteiger partial charge in [-0.25, -0.2) is 4.98 Å². The highest BCUT2D eigenvalue weighted by atomic mass is 16.1. The molecule has 178 valence electrons. The van der Waals surface area contributed by atoms with E-state index in [2.05, 4.69) is 53.1 Å². The van der Waals surface area contributed by atoms with Crippen LogP contribution >= 0.6 is 0 Å². The predicted molar refractivity (Wildman–Crippen MR) is 139 cm³/mol. The molecule has 2 aliphatic rings. The standard InChI is InChI=1S/C28H30N6O/c1-17(24-12-27(18-13-30-33(3)14-18)31-26-7-5-4-6-23(24)26)22-9-8-19(11-25(22)28(29)35)34-16-20-10-21(34)15-32(20)2/h4-9,11-14,17,20-21H,10,15-16H2,1-3H3,(H2,29,35)/t17-,20?,21?/m0/s1. The van der Waals surface area contributed by atoms with Crippen LogP contribution in [0.5, 0.6) is 0 Å². The molecule has 6 rings (SSSR count). The molecule has 7 heteroatoms. The van der Waals surface area contributed by atoms with Crippen molar-refractivity contribution < 1.29 is 4.79 Å². The summed E-state index contributed by atoms with van der Waals surface area (Å²) in [4.78, 5) is 22.4. The summed E-state index contributed by atoms with van der Waals surface area (Å²) in [7, 11) is 4.10. The van der Waals surface area contributed by atoms with Crippen LogP contribution in [-0.4, -0.2) is 57.8 Å². The van der Waals surface area contributed by atoms with Crippen LogP contribution in [0.15, 0.2) is 60.9 Å². The van der Waals surface area contributed by atoms with Crippen molar-refractivity contribution in [3.8, 4) is 11.3 Å². The smallest absolute Gasteiger partial charge is 0.249 e. The van der Waals surface area contributed by atoms with Crippen LogP contribution in [0.4, 0.5) is 5.69 Å². The zero-order valence-electron chi connectivity index (χ0n) is 20.3. The lowest BCUT2D eigenvalue weighted by Crippen LogP contribution is -2.44. The first-order chi connectivity index (χ1) is 16.9. The number of anilines is 1. The number of hydrogen-bond acceptors (Lipinski definition) is 5. The van der Waals surface area contributed by atoms with Crippen molar-refractivity contribution in [2.45, 2.75) is 31.3 Å². The van der Waals surface area contributed by atoms with E-state index in [4.69, 9.17) is 10.7 Å². The number of rotatable bonds is 5. The number of hydrogen-bond donors (Lipinski definition) is 1. The second-order valence-electron chi connectivity index (χ2n) is 10.0. The molecule has 2 aliphatic heterocycles. The molecular formula is C28H30N6O. The van der Waals surface area contributed by atoms with Crippen LogP contribution in [0.3, 0.4) is 0 Å². The zero-order valence-corrected chi connectivity index (χ0v) is 20.3. The van der Waals surface area contributed by atoms with Gasteiger partial charge in [0.05, 0.1) is 17.4 Å². The van der Waals surface area contributed by atoms with E-state index in [-0.39, 0.29) is 11.8 Å². The van der Waals surface area contributed by atoms with E-state index in [1.54, 1.807) is 4.68 Å². The fourth-order valence-electron chi connectivity index (χ4n) is 5.93. The van der Waals surface area contributed by atoms with Gasteiger partial charge in [-0.2, -0.15) is 5.10 Å². The molecule has 2 unspecified atom stereocenters. The topological polar surface area (TPSA) is 80.3 Å². The highest BCUT2D eigenvalue weighted by Crippen LogP contribution is 2.38. The molecule has 2 aromatic carbocycles. The maximum absolute atomic E-state index is 12.7. The number of nitrogens with zero attached hydrogens (tertiary/aromatic N) is 5. The van der Waals surface area contributed by atoms with Crippen molar-refractivity contribution in [1.82, 2.24) is 19.7 Å². The summed E-state index contributed by atoms with van der Waals surface area (Å²) in [5.74, 6) is -0.433. The summed E-state index contributed by atoms with van der Waals surface area (Å²) in [6.45, 7) is 4.20. The zero-order chi connectivity index (χ0) is 24.3. The van der Waals surface area contributed by atoms with Gasteiger partial charge in [0.15, 0.2) is 0 Å². The third kappa shape index (κ3) is 3.67. The van der Waals surface area contributed by atoms with Crippen molar-refractivity contribution in [2.75, 3.05) is 25.0 Å². The van der Waals surface area contributed by atoms with E-state index < -0.39 is 0 Å². The lowest BCUT2D eigenvalue weighted by Gasteiger charge is -2.34. The number of amides is 1. The van der Waals surface area contributed by atoms with E-state index >= 15 is 0 Å². The Hall–Kier alpha value is -3.71. The second-order valence-corrected chi connectivity index (χ2v) is 10.0. The lowest BCUT2D eigenvalue weighted by molar-refractivity contribution is 0.0999. The molecule has 1 amide bonds. The summed E-state index contributed by atoms with van der Waals surface area (Å²) in [5, 5.41) is 5.40. The number of fused-ring (bicyclic) bond motifs is 3. The minimum atomic E-state index is -0.388. The van der Waals surface area contributed by atoms with Crippen LogP contribution in [-0.2, 0) is 7.05 Å². The molecule has 0 saturated carbocycles. The van der Waals surface area contributed by atoms with Gasteiger partial charge in [-0.05, 0) is 48.9 Å². The number of piperazine rings is 1. The van der Waals surface area contributed by atoms with Crippen molar-refractivity contribution in [3.05, 3.63) is 77.6 Å². The molecule has 35 heavy (non-hydrogen) atoms. The molecule has 0 spiro atoms. The highest BCUT2D eigenvalue weighted by Gasteiger charge is 2.41. The fourth-order valence-corrected chi connectivity index (χ4v) is 5.93. The average Bonchev–Trinajstić information content (AvgIpc) is 3.58. The van der Waals surface area contributed by atoms with Crippen LogP contribution in [0, 0.1) is 0 Å². The molecule has 2 fully saturated rings. The molecule has 2 N–H and O–H groups in total. The van der Waals surface area contributed by atoms with Crippen molar-refractivity contribution in [3.63, 3.8) is 0 Å². The third-order valence-corrected chi connectivity index (χ3v) is 7.83. The number of carbonyl (C=O) groups is 1. The van der Waals surface area contributed by atoms with Gasteiger partial charge in [0.2, 0.25) is 5.91 Å². The Labute approximate surface area is 205 Å². The third-order valence-electron chi connectivity index (χ3n) is 7.83. The molecule has 0 radical (unpaired) electrons. The number of likely N-dealkylation sites (tertiary alicyclic amines) is 1. The molecule has 2 bridgehead atoms. The monoisotopic (exact) mass is 466 g/mol. The molecule has 2 saturated heterocycles. The molecule has 4 aromatic rings. The number of benzene rings is 2. The fraction of sp³-hybridized carbons (Fsp3) is 0.321. The number of primary amides is 1. The first kappa shape index (κ1) is 21.8. The molecule has 2 aromatic heterocycles. The second kappa shape index (κ2) is 8.20. The number of pyridine rings is 1. The molecule has 3 atom stereocenters. The number of aromatic nitrogens is 3. The van der Waals surface area contributed by atoms with E-state index in [1.807, 2.05) is 43.7 Å². The number of aryl methyl sites for hydroxylation is 1. The van der Waals surface area contributed by atoms with Gasteiger partial charge in [0, 0.05) is 66.5 Å². The van der Waals surface area contributed by atoms with Gasteiger partial charge in [-0.15, -0.1) is 0 Å². The maximum atomic E-state index is 12.7. The van der Waals surface area contributed by atoms with Crippen LogP contribution < -0.4 is 10.6 Å². The number of likely N-dealkylation sites (N-methyl/N-ethyl adjacent to an activating group) is 1. The first-order valence-electron chi connectivity index (χ1n) is 12.2. The van der Waals surface area contributed by atoms with Gasteiger partial charge < -0.3 is 10.6 Å². The number of carbonyl (C=O) groups excluding carboxylic acids is 1. The normalized spacial score (nSPS) is 20.6. The molecule has 4 heterocycles. The summed E-state index contributed by atoms with van der Waals surface area (Å²) in [5.41, 5.74) is 12.4. The van der Waals surface area contributed by atoms with Crippen molar-refractivity contribution in [2.24, 2.45) is 12.8 Å². The van der Waals surface area contributed by atoms with Crippen LogP contribution in [0.1, 0.15) is 40.7 Å². The average molecular weight is 467 g/mol. The Morgan fingerprint density at radius 2 is 1.89 bits per heavy atom. The Kier molecular flexibility index (Phi) is 5.11. The minimum Gasteiger partial charge on any atom is -0.366 e. The first-order valence-corrected chi connectivity index (χ1v) is 12.2. The Bertz CT molecular complexity index is 1440. The van der Waals surface area contributed by atoms with Gasteiger partial charge in [-0.3, -0.25) is 14.4 Å². The van der Waals surface area contributed by atoms with Crippen LogP contribution in [0.2, 0.25) is 0 Å². The number of nitrogens with two attached hydrogens (primary N) is 1. The van der Waals surface area contributed by atoms with Gasteiger partial charge >= 0.3 is 0 Å². The summed E-state index contributed by atoms with van der Waals surface area (Å²) >= 11 is 0. The van der Waals surface area contributed by atoms with Crippen molar-refractivity contribution >= 4 is 22.5 Å². The van der Waals surface area contributed by atoms with Gasteiger partial charge in [0.1, 0.15) is 0 Å². The quantitative estimate of drug-likeness (QED) is 0.484. The Balaban J connectivity index is 1.43. The van der Waals surface area contributed by atoms with Gasteiger partial charge in [-0.1, -0.05) is 31.2 Å². The van der Waals surface area contributed by atoms with E-state index in [0.717, 1.165) is 52.1 Å². The minimum absolute atomic E-state index is 0.0453. The van der Waals surface area contributed by atoms with E-state index in [9.17, 15) is 4.79 Å². The largest absolute Gasteiger partial charge is 0.366 e. The Morgan fingerprint density at radius 1 is 1.06 bits per heavy atom. The lowest BCUT2D eigenvalue weighted by atomic mass is 9.86. The predicted octanol–water partition coefficient (Wildman–Crippen LogP) is 3.78. The van der Waals surface area contributed by atoms with Crippen LogP contribution in [0.25, 0.3) is 22.2 Å². The van der Waals surface area contributed by atoms with E-state index in [1.165, 1.54) is 6.42 Å². The summed E-state index contributed by atoms with van der Waals surface area (Å²) in [6, 6.07) is 17.6. The van der Waals surface area contributed by atoms with Gasteiger partial charge in [0.25, 0.3) is 0 Å². The molecule has 0 aliphatic carbocycles. The van der Waals surface area contributed by atoms with E-state index in [0.29, 0.717) is 17.6 Å².